The quantitative estimate of drug-likeness (QED) is 0.572. The van der Waals surface area contributed by atoms with Gasteiger partial charge >= 0.3 is 0 Å². The Labute approximate surface area is 98.5 Å². The maximum Gasteiger partial charge on any atom is 0.0757 e. The fourth-order valence-electron chi connectivity index (χ4n) is 1.34. The summed E-state index contributed by atoms with van der Waals surface area (Å²) < 4.78 is 10.8. The van der Waals surface area contributed by atoms with E-state index in [0.29, 0.717) is 0 Å². The first-order chi connectivity index (χ1) is 5.97. The van der Waals surface area contributed by atoms with Crippen molar-refractivity contribution in [2.75, 3.05) is 38.7 Å². The molecule has 14 heavy (non-hydrogen) atoms. The van der Waals surface area contributed by atoms with Crippen molar-refractivity contribution in [1.82, 2.24) is 0 Å². The molecule has 0 spiro atoms. The van der Waals surface area contributed by atoms with Crippen LogP contribution in [0.2, 0.25) is 0 Å². The molecule has 0 aromatic rings. The molecule has 0 saturated heterocycles. The first-order valence-electron chi connectivity index (χ1n) is 5.08. The van der Waals surface area contributed by atoms with Gasteiger partial charge < -0.3 is 16.9 Å². The molecule has 0 aromatic carbocycles. The monoisotopic (exact) mass is 243 g/mol. The Kier molecular flexibility index (Phi) is 16.3. The Balaban J connectivity index is -0.000000209. The highest BCUT2D eigenvalue weighted by Crippen LogP contribution is 2.03. The Hall–Kier alpha value is 0.400. The van der Waals surface area contributed by atoms with E-state index in [1.54, 1.807) is 12.5 Å². The molecule has 0 radical (unpaired) electrons. The van der Waals surface area contributed by atoms with Gasteiger partial charge in [0.05, 0.1) is 26.2 Å². The standard InChI is InChI=1S/C8H20N.C2H6OS.ClH/c1-5-9(6-2,7-3)8-4;1-4(2)3;/h5-8H2,1-4H3;1-2H3;1H/q+1;;/p-1. The summed E-state index contributed by atoms with van der Waals surface area (Å²) in [5, 5.41) is 0. The van der Waals surface area contributed by atoms with E-state index in [9.17, 15) is 4.21 Å². The van der Waals surface area contributed by atoms with Crippen molar-refractivity contribution in [3.63, 3.8) is 0 Å². The van der Waals surface area contributed by atoms with Crippen molar-refractivity contribution >= 4 is 10.8 Å². The van der Waals surface area contributed by atoms with Crippen LogP contribution in [0.25, 0.3) is 0 Å². The molecule has 0 saturated carbocycles. The molecular formula is C10H26ClNOS. The smallest absolute Gasteiger partial charge is 0.0757 e. The lowest BCUT2D eigenvalue weighted by Crippen LogP contribution is -3.00. The minimum atomic E-state index is -0.611. The summed E-state index contributed by atoms with van der Waals surface area (Å²) in [5.41, 5.74) is 0. The van der Waals surface area contributed by atoms with Crippen LogP contribution in [0.5, 0.6) is 0 Å². The highest BCUT2D eigenvalue weighted by atomic mass is 35.5. The van der Waals surface area contributed by atoms with Gasteiger partial charge in [0.1, 0.15) is 0 Å². The largest absolute Gasteiger partial charge is 1.00 e. The van der Waals surface area contributed by atoms with E-state index in [1.165, 1.54) is 30.7 Å². The zero-order valence-corrected chi connectivity index (χ0v) is 12.0. The second-order valence-corrected chi connectivity index (χ2v) is 4.83. The molecule has 0 N–H and O–H groups in total. The zero-order chi connectivity index (χ0) is 10.9. The number of rotatable bonds is 4. The summed E-state index contributed by atoms with van der Waals surface area (Å²) >= 11 is 0. The van der Waals surface area contributed by atoms with Gasteiger partial charge in [0.15, 0.2) is 0 Å². The molecule has 0 aliphatic carbocycles. The Bertz CT molecular complexity index is 117. The van der Waals surface area contributed by atoms with Crippen molar-refractivity contribution < 1.29 is 21.1 Å². The minimum absolute atomic E-state index is 0. The molecule has 0 rings (SSSR count). The normalized spacial score (nSPS) is 10.2. The topological polar surface area (TPSA) is 17.1 Å². The van der Waals surface area contributed by atoms with Crippen LogP contribution in [0.1, 0.15) is 27.7 Å². The van der Waals surface area contributed by atoms with Gasteiger partial charge in [-0.05, 0) is 27.7 Å². The number of quaternary nitrogens is 1. The first-order valence-corrected chi connectivity index (χ1v) is 7.04. The summed E-state index contributed by atoms with van der Waals surface area (Å²) in [4.78, 5) is 0. The fourth-order valence-corrected chi connectivity index (χ4v) is 1.34. The molecule has 2 nitrogen and oxygen atoms in total. The van der Waals surface area contributed by atoms with Gasteiger partial charge in [-0.25, -0.2) is 0 Å². The predicted octanol–water partition coefficient (Wildman–Crippen LogP) is -1.12. The summed E-state index contributed by atoms with van der Waals surface area (Å²) in [6.07, 6.45) is 3.28. The van der Waals surface area contributed by atoms with E-state index in [-0.39, 0.29) is 12.4 Å². The lowest BCUT2D eigenvalue weighted by Gasteiger charge is -2.34. The second kappa shape index (κ2) is 11.5. The van der Waals surface area contributed by atoms with Gasteiger partial charge in [-0.3, -0.25) is 4.21 Å². The van der Waals surface area contributed by atoms with E-state index in [0.717, 1.165) is 0 Å². The van der Waals surface area contributed by atoms with Crippen LogP contribution < -0.4 is 12.4 Å². The van der Waals surface area contributed by atoms with Crippen molar-refractivity contribution in [2.45, 2.75) is 27.7 Å². The molecule has 0 atom stereocenters. The average Bonchev–Trinajstić information content (AvgIpc) is 2.09. The average molecular weight is 244 g/mol. The Morgan fingerprint density at radius 3 is 1.00 bits per heavy atom. The molecule has 4 heteroatoms. The number of hydrogen-bond acceptors (Lipinski definition) is 1. The third-order valence-electron chi connectivity index (χ3n) is 2.68. The molecule has 0 heterocycles. The predicted molar refractivity (Wildman–Crippen MR) is 62.4 cm³/mol. The van der Waals surface area contributed by atoms with Gasteiger partial charge in [0, 0.05) is 23.3 Å². The van der Waals surface area contributed by atoms with Gasteiger partial charge in [-0.15, -0.1) is 0 Å². The molecule has 0 aliphatic heterocycles. The van der Waals surface area contributed by atoms with Crippen LogP contribution in [0.15, 0.2) is 0 Å². The van der Waals surface area contributed by atoms with Crippen molar-refractivity contribution in [1.29, 1.82) is 0 Å². The van der Waals surface area contributed by atoms with Gasteiger partial charge in [-0.1, -0.05) is 0 Å². The van der Waals surface area contributed by atoms with Gasteiger partial charge in [0.25, 0.3) is 0 Å². The molecule has 0 amide bonds. The third-order valence-corrected chi connectivity index (χ3v) is 2.68. The van der Waals surface area contributed by atoms with Crippen molar-refractivity contribution in [3.8, 4) is 0 Å². The number of hydrogen-bond donors (Lipinski definition) is 0. The Morgan fingerprint density at radius 1 is 0.857 bits per heavy atom. The lowest BCUT2D eigenvalue weighted by molar-refractivity contribution is -0.921. The van der Waals surface area contributed by atoms with E-state index >= 15 is 0 Å². The van der Waals surface area contributed by atoms with Crippen LogP contribution in [0.4, 0.5) is 0 Å². The molecule has 0 bridgehead atoms. The van der Waals surface area contributed by atoms with Gasteiger partial charge in [0.2, 0.25) is 0 Å². The van der Waals surface area contributed by atoms with Gasteiger partial charge in [-0.2, -0.15) is 0 Å². The van der Waals surface area contributed by atoms with Crippen molar-refractivity contribution in [3.05, 3.63) is 0 Å². The SMILES string of the molecule is CC[N+](CC)(CC)CC.CS(C)=O.[Cl-]. The highest BCUT2D eigenvalue weighted by Gasteiger charge is 2.16. The van der Waals surface area contributed by atoms with E-state index in [1.807, 2.05) is 0 Å². The van der Waals surface area contributed by atoms with Crippen LogP contribution in [-0.2, 0) is 10.8 Å². The number of halogens is 1. The minimum Gasteiger partial charge on any atom is -1.00 e. The lowest BCUT2D eigenvalue weighted by atomic mass is 10.3. The summed E-state index contributed by atoms with van der Waals surface area (Å²) in [5.74, 6) is 0. The zero-order valence-electron chi connectivity index (χ0n) is 10.5. The first kappa shape index (κ1) is 19.9. The maximum absolute atomic E-state index is 9.56. The van der Waals surface area contributed by atoms with Crippen LogP contribution in [0, 0.1) is 0 Å². The molecule has 0 unspecified atom stereocenters. The van der Waals surface area contributed by atoms with Crippen LogP contribution in [0.3, 0.4) is 0 Å². The summed E-state index contributed by atoms with van der Waals surface area (Å²) in [6.45, 7) is 14.2. The van der Waals surface area contributed by atoms with E-state index in [4.69, 9.17) is 0 Å². The molecule has 0 fully saturated rings. The van der Waals surface area contributed by atoms with Crippen molar-refractivity contribution in [2.24, 2.45) is 0 Å². The molecule has 0 aromatic heterocycles. The summed E-state index contributed by atoms with van der Waals surface area (Å²) in [7, 11) is -0.611. The molecule has 0 aliphatic rings. The molecule has 90 valence electrons. The summed E-state index contributed by atoms with van der Waals surface area (Å²) in [6, 6.07) is 0. The highest BCUT2D eigenvalue weighted by molar-refractivity contribution is 7.83. The fraction of sp³-hybridized carbons (Fsp3) is 1.00. The third kappa shape index (κ3) is 10.5. The maximum atomic E-state index is 9.56. The molecular weight excluding hydrogens is 218 g/mol. The van der Waals surface area contributed by atoms with E-state index in [2.05, 4.69) is 27.7 Å². The number of nitrogens with zero attached hydrogens (tertiary/aromatic N) is 1. The van der Waals surface area contributed by atoms with Crippen LogP contribution >= 0.6 is 0 Å². The Morgan fingerprint density at radius 2 is 1.00 bits per heavy atom. The van der Waals surface area contributed by atoms with Crippen LogP contribution in [-0.4, -0.2) is 47.4 Å². The second-order valence-electron chi connectivity index (χ2n) is 3.35. The van der Waals surface area contributed by atoms with E-state index < -0.39 is 10.8 Å².